The summed E-state index contributed by atoms with van der Waals surface area (Å²) in [5.41, 5.74) is 2.70. The van der Waals surface area contributed by atoms with Crippen molar-refractivity contribution in [2.75, 3.05) is 7.11 Å². The standard InChI is InChI=1S/C24H16Br2INO4/c1-30-21-11-15(9-18(26)22(21)31-13-14-5-3-2-4-6-14)10-20-24(29)32-23(28-20)16-7-8-19(27)17(25)12-16/h2-12H,13H2,1H3/b20-10-. The average Bonchev–Trinajstić information content (AvgIpc) is 3.15. The molecule has 1 aliphatic heterocycles. The lowest BCUT2D eigenvalue weighted by Gasteiger charge is -2.13. The number of hydrogen-bond donors (Lipinski definition) is 0. The van der Waals surface area contributed by atoms with E-state index in [2.05, 4.69) is 59.4 Å². The van der Waals surface area contributed by atoms with E-state index in [1.165, 1.54) is 0 Å². The first-order valence-electron chi connectivity index (χ1n) is 9.47. The number of carbonyl (C=O) groups excluding carboxylic acids is 1. The van der Waals surface area contributed by atoms with E-state index < -0.39 is 5.97 Å². The van der Waals surface area contributed by atoms with E-state index in [9.17, 15) is 4.79 Å². The fourth-order valence-electron chi connectivity index (χ4n) is 3.01. The summed E-state index contributed by atoms with van der Waals surface area (Å²) in [6.07, 6.45) is 1.66. The highest BCUT2D eigenvalue weighted by molar-refractivity contribution is 14.1. The number of hydrogen-bond acceptors (Lipinski definition) is 5. The zero-order chi connectivity index (χ0) is 22.7. The van der Waals surface area contributed by atoms with Gasteiger partial charge in [-0.3, -0.25) is 0 Å². The van der Waals surface area contributed by atoms with Crippen LogP contribution in [-0.4, -0.2) is 19.0 Å². The van der Waals surface area contributed by atoms with E-state index in [-0.39, 0.29) is 11.6 Å². The van der Waals surface area contributed by atoms with Crippen molar-refractivity contribution in [2.24, 2.45) is 4.99 Å². The summed E-state index contributed by atoms with van der Waals surface area (Å²) in [7, 11) is 1.57. The number of carbonyl (C=O) groups is 1. The smallest absolute Gasteiger partial charge is 0.363 e. The first kappa shape index (κ1) is 23.0. The van der Waals surface area contributed by atoms with Crippen LogP contribution in [0.5, 0.6) is 11.5 Å². The van der Waals surface area contributed by atoms with Gasteiger partial charge in [0.05, 0.1) is 11.6 Å². The Hall–Kier alpha value is -2.17. The Morgan fingerprint density at radius 2 is 1.84 bits per heavy atom. The molecule has 3 aromatic carbocycles. The number of methoxy groups -OCH3 is 1. The van der Waals surface area contributed by atoms with E-state index in [0.29, 0.717) is 22.6 Å². The van der Waals surface area contributed by atoms with Crippen molar-refractivity contribution >= 4 is 72.4 Å². The maximum Gasteiger partial charge on any atom is 0.363 e. The number of benzene rings is 3. The Bertz CT molecular complexity index is 1240. The van der Waals surface area contributed by atoms with Gasteiger partial charge in [0.15, 0.2) is 17.2 Å². The molecule has 8 heteroatoms. The lowest BCUT2D eigenvalue weighted by molar-refractivity contribution is -0.129. The van der Waals surface area contributed by atoms with Gasteiger partial charge in [-0.1, -0.05) is 30.3 Å². The van der Waals surface area contributed by atoms with Gasteiger partial charge < -0.3 is 14.2 Å². The Labute approximate surface area is 215 Å². The molecule has 5 nitrogen and oxygen atoms in total. The van der Waals surface area contributed by atoms with Gasteiger partial charge in [0.2, 0.25) is 5.90 Å². The summed E-state index contributed by atoms with van der Waals surface area (Å²) < 4.78 is 19.5. The molecule has 0 N–H and O–H groups in total. The number of ether oxygens (including phenoxy) is 3. The Morgan fingerprint density at radius 3 is 2.56 bits per heavy atom. The van der Waals surface area contributed by atoms with Crippen molar-refractivity contribution in [1.29, 1.82) is 0 Å². The molecular formula is C24H16Br2INO4. The predicted molar refractivity (Wildman–Crippen MR) is 139 cm³/mol. The highest BCUT2D eigenvalue weighted by Crippen LogP contribution is 2.38. The normalized spacial score (nSPS) is 14.3. The van der Waals surface area contributed by atoms with Crippen molar-refractivity contribution in [3.63, 3.8) is 0 Å². The van der Waals surface area contributed by atoms with Crippen LogP contribution >= 0.6 is 54.5 Å². The van der Waals surface area contributed by atoms with Crippen molar-refractivity contribution in [3.8, 4) is 11.5 Å². The minimum Gasteiger partial charge on any atom is -0.493 e. The second kappa shape index (κ2) is 10.2. The highest BCUT2D eigenvalue weighted by atomic mass is 127. The molecule has 0 fully saturated rings. The van der Waals surface area contributed by atoms with Crippen LogP contribution in [0.3, 0.4) is 0 Å². The van der Waals surface area contributed by atoms with Crippen molar-refractivity contribution in [1.82, 2.24) is 0 Å². The quantitative estimate of drug-likeness (QED) is 0.166. The van der Waals surface area contributed by atoms with Gasteiger partial charge in [0, 0.05) is 13.6 Å². The van der Waals surface area contributed by atoms with Gasteiger partial charge >= 0.3 is 5.97 Å². The van der Waals surface area contributed by atoms with E-state index in [1.54, 1.807) is 19.3 Å². The zero-order valence-electron chi connectivity index (χ0n) is 16.8. The molecule has 0 spiro atoms. The summed E-state index contributed by atoms with van der Waals surface area (Å²) in [6.45, 7) is 0.405. The summed E-state index contributed by atoms with van der Waals surface area (Å²) in [5.74, 6) is 0.890. The van der Waals surface area contributed by atoms with Crippen molar-refractivity contribution in [3.05, 3.63) is 95.6 Å². The predicted octanol–water partition coefficient (Wildman–Crippen LogP) is 6.75. The van der Waals surface area contributed by atoms with Gasteiger partial charge in [-0.05, 0) is 102 Å². The second-order valence-electron chi connectivity index (χ2n) is 6.77. The third-order valence-electron chi connectivity index (χ3n) is 4.57. The first-order valence-corrected chi connectivity index (χ1v) is 12.1. The van der Waals surface area contributed by atoms with Crippen molar-refractivity contribution < 1.29 is 19.0 Å². The molecule has 1 heterocycles. The lowest BCUT2D eigenvalue weighted by Crippen LogP contribution is -2.05. The Balaban J connectivity index is 1.60. The van der Waals surface area contributed by atoms with Gasteiger partial charge in [0.25, 0.3) is 0 Å². The molecule has 32 heavy (non-hydrogen) atoms. The highest BCUT2D eigenvalue weighted by Gasteiger charge is 2.25. The summed E-state index contributed by atoms with van der Waals surface area (Å²) in [6, 6.07) is 19.2. The fourth-order valence-corrected chi connectivity index (χ4v) is 4.30. The third-order valence-corrected chi connectivity index (χ3v) is 7.50. The first-order chi connectivity index (χ1) is 15.4. The third kappa shape index (κ3) is 5.24. The largest absolute Gasteiger partial charge is 0.493 e. The number of aliphatic imine (C=N–C) groups is 1. The molecule has 0 saturated heterocycles. The number of nitrogens with zero attached hydrogens (tertiary/aromatic N) is 1. The number of halogens is 3. The summed E-state index contributed by atoms with van der Waals surface area (Å²) in [4.78, 5) is 16.8. The molecule has 0 aromatic heterocycles. The molecule has 0 atom stereocenters. The van der Waals surface area contributed by atoms with Crippen LogP contribution in [0.1, 0.15) is 16.7 Å². The molecule has 162 valence electrons. The maximum atomic E-state index is 12.4. The molecule has 0 bridgehead atoms. The molecule has 1 aliphatic rings. The van der Waals surface area contributed by atoms with Crippen LogP contribution in [-0.2, 0) is 16.1 Å². The van der Waals surface area contributed by atoms with Crippen LogP contribution in [0.2, 0.25) is 0 Å². The number of esters is 1. The monoisotopic (exact) mass is 667 g/mol. The van der Waals surface area contributed by atoms with Crippen LogP contribution < -0.4 is 9.47 Å². The van der Waals surface area contributed by atoms with Crippen LogP contribution in [0.25, 0.3) is 6.08 Å². The van der Waals surface area contributed by atoms with E-state index in [4.69, 9.17) is 14.2 Å². The number of cyclic esters (lactones) is 1. The molecule has 0 amide bonds. The Kier molecular flexibility index (Phi) is 7.32. The summed E-state index contributed by atoms with van der Waals surface area (Å²) >= 11 is 9.25. The van der Waals surface area contributed by atoms with Gasteiger partial charge in [-0.15, -0.1) is 0 Å². The molecule has 0 aliphatic carbocycles. The van der Waals surface area contributed by atoms with Crippen LogP contribution in [0, 0.1) is 3.57 Å². The van der Waals surface area contributed by atoms with E-state index in [0.717, 1.165) is 24.7 Å². The number of rotatable bonds is 6. The maximum absolute atomic E-state index is 12.4. The molecule has 0 unspecified atom stereocenters. The van der Waals surface area contributed by atoms with Gasteiger partial charge in [-0.2, -0.15) is 0 Å². The molecule has 4 rings (SSSR count). The van der Waals surface area contributed by atoms with Crippen LogP contribution in [0.15, 0.2) is 80.3 Å². The second-order valence-corrected chi connectivity index (χ2v) is 9.64. The lowest BCUT2D eigenvalue weighted by atomic mass is 10.1. The van der Waals surface area contributed by atoms with E-state index in [1.807, 2.05) is 54.6 Å². The van der Waals surface area contributed by atoms with E-state index >= 15 is 0 Å². The zero-order valence-corrected chi connectivity index (χ0v) is 22.1. The average molecular weight is 669 g/mol. The van der Waals surface area contributed by atoms with Crippen LogP contribution in [0.4, 0.5) is 0 Å². The van der Waals surface area contributed by atoms with Gasteiger partial charge in [-0.25, -0.2) is 9.79 Å². The minimum atomic E-state index is -0.505. The van der Waals surface area contributed by atoms with Gasteiger partial charge in [0.1, 0.15) is 6.61 Å². The SMILES string of the molecule is COc1cc(/C=C2\N=C(c3ccc(I)c(Br)c3)OC2=O)cc(Br)c1OCc1ccccc1. The van der Waals surface area contributed by atoms with Crippen molar-refractivity contribution in [2.45, 2.75) is 6.61 Å². The molecule has 3 aromatic rings. The Morgan fingerprint density at radius 1 is 1.06 bits per heavy atom. The molecule has 0 radical (unpaired) electrons. The summed E-state index contributed by atoms with van der Waals surface area (Å²) in [5, 5.41) is 0. The molecular weight excluding hydrogens is 653 g/mol. The fraction of sp³-hybridized carbons (Fsp3) is 0.0833. The molecule has 0 saturated carbocycles. The topological polar surface area (TPSA) is 57.1 Å². The minimum absolute atomic E-state index is 0.210.